The minimum absolute atomic E-state index is 0.0292. The number of primary amides is 1. The molecular formula is C26H30N2O6S. The summed E-state index contributed by atoms with van der Waals surface area (Å²) in [4.78, 5) is 37.4. The smallest absolute Gasteiger partial charge is 0.341 e. The van der Waals surface area contributed by atoms with Gasteiger partial charge in [-0.1, -0.05) is 32.9 Å². The van der Waals surface area contributed by atoms with Crippen LogP contribution in [0.25, 0.3) is 0 Å². The first-order valence-corrected chi connectivity index (χ1v) is 12.0. The second-order valence-corrected chi connectivity index (χ2v) is 10.4. The number of thiophene rings is 1. The highest BCUT2D eigenvalue weighted by Gasteiger charge is 2.27. The maximum absolute atomic E-state index is 12.8. The van der Waals surface area contributed by atoms with E-state index >= 15 is 0 Å². The van der Waals surface area contributed by atoms with Crippen molar-refractivity contribution in [1.82, 2.24) is 0 Å². The maximum Gasteiger partial charge on any atom is 0.341 e. The van der Waals surface area contributed by atoms with Gasteiger partial charge in [-0.25, -0.2) is 4.79 Å². The lowest BCUT2D eigenvalue weighted by Crippen LogP contribution is -2.17. The van der Waals surface area contributed by atoms with Crippen molar-refractivity contribution in [3.05, 3.63) is 69.5 Å². The van der Waals surface area contributed by atoms with Crippen LogP contribution in [0, 0.1) is 6.92 Å². The molecule has 0 spiro atoms. The number of carbonyl (C=O) groups is 3. The lowest BCUT2D eigenvalue weighted by atomic mass is 9.87. The third-order valence-electron chi connectivity index (χ3n) is 5.13. The van der Waals surface area contributed by atoms with Gasteiger partial charge >= 0.3 is 5.97 Å². The van der Waals surface area contributed by atoms with E-state index in [1.807, 2.05) is 24.3 Å². The van der Waals surface area contributed by atoms with Crippen molar-refractivity contribution in [2.24, 2.45) is 5.73 Å². The van der Waals surface area contributed by atoms with Gasteiger partial charge in [-0.2, -0.15) is 0 Å². The Morgan fingerprint density at radius 3 is 2.31 bits per heavy atom. The first-order chi connectivity index (χ1) is 16.4. The standard InChI is InChI=1S/C26H30N2O6S/c1-14(2)33-25(31)20-15(3)21(22(27)29)35-24(20)28-23(30)19-12-11-18(34-19)13-32-17-9-7-16(8-10-17)26(4,5)6/h7-12,14H,13H2,1-6H3,(H2,27,29)(H,28,30). The third kappa shape index (κ3) is 6.30. The van der Waals surface area contributed by atoms with Crippen molar-refractivity contribution in [2.45, 2.75) is 59.7 Å². The molecule has 9 heteroatoms. The Morgan fingerprint density at radius 1 is 1.09 bits per heavy atom. The van der Waals surface area contributed by atoms with Gasteiger partial charge in [0.15, 0.2) is 5.76 Å². The predicted molar refractivity (Wildman–Crippen MR) is 134 cm³/mol. The number of ether oxygens (including phenoxy) is 2. The Morgan fingerprint density at radius 2 is 1.74 bits per heavy atom. The molecule has 2 amide bonds. The van der Waals surface area contributed by atoms with E-state index < -0.39 is 17.8 Å². The predicted octanol–water partition coefficient (Wildman–Crippen LogP) is 5.44. The van der Waals surface area contributed by atoms with Crippen molar-refractivity contribution < 1.29 is 28.3 Å². The highest BCUT2D eigenvalue weighted by molar-refractivity contribution is 7.18. The Labute approximate surface area is 208 Å². The summed E-state index contributed by atoms with van der Waals surface area (Å²) in [5.74, 6) is -0.762. The molecule has 3 N–H and O–H groups in total. The molecule has 0 unspecified atom stereocenters. The molecule has 0 atom stereocenters. The zero-order valence-electron chi connectivity index (χ0n) is 20.7. The summed E-state index contributed by atoms with van der Waals surface area (Å²) < 4.78 is 16.7. The number of benzene rings is 1. The molecular weight excluding hydrogens is 468 g/mol. The Kier molecular flexibility index (Phi) is 7.70. The fourth-order valence-electron chi connectivity index (χ4n) is 3.30. The number of nitrogens with one attached hydrogen (secondary N) is 1. The van der Waals surface area contributed by atoms with Crippen molar-refractivity contribution in [1.29, 1.82) is 0 Å². The Bertz CT molecular complexity index is 1230. The zero-order chi connectivity index (χ0) is 25.9. The molecule has 3 rings (SSSR count). The molecule has 0 aliphatic rings. The number of hydrogen-bond donors (Lipinski definition) is 2. The summed E-state index contributed by atoms with van der Waals surface area (Å²) in [7, 11) is 0. The summed E-state index contributed by atoms with van der Waals surface area (Å²) >= 11 is 0.916. The van der Waals surface area contributed by atoms with E-state index in [9.17, 15) is 14.4 Å². The van der Waals surface area contributed by atoms with E-state index in [1.54, 1.807) is 26.8 Å². The molecule has 0 bridgehead atoms. The van der Waals surface area contributed by atoms with Crippen molar-refractivity contribution in [3.63, 3.8) is 0 Å². The molecule has 186 valence electrons. The van der Waals surface area contributed by atoms with Crippen LogP contribution in [0.4, 0.5) is 5.00 Å². The van der Waals surface area contributed by atoms with Crippen LogP contribution >= 0.6 is 11.3 Å². The number of amides is 2. The van der Waals surface area contributed by atoms with Crippen LogP contribution in [0.1, 0.15) is 82.1 Å². The number of nitrogens with two attached hydrogens (primary N) is 1. The minimum atomic E-state index is -0.695. The first-order valence-electron chi connectivity index (χ1n) is 11.1. The first kappa shape index (κ1) is 26.0. The lowest BCUT2D eigenvalue weighted by molar-refractivity contribution is 0.0379. The van der Waals surface area contributed by atoms with E-state index in [4.69, 9.17) is 19.6 Å². The highest BCUT2D eigenvalue weighted by Crippen LogP contribution is 2.34. The molecule has 3 aromatic rings. The molecule has 0 fully saturated rings. The minimum Gasteiger partial charge on any atom is -0.486 e. The SMILES string of the molecule is Cc1c(C(N)=O)sc(NC(=O)c2ccc(COc3ccc(C(C)(C)C)cc3)o2)c1C(=O)OC(C)C. The number of rotatable bonds is 8. The molecule has 0 aliphatic heterocycles. The quantitative estimate of drug-likeness (QED) is 0.399. The van der Waals surface area contributed by atoms with Crippen LogP contribution in [0.5, 0.6) is 5.75 Å². The Balaban J connectivity index is 1.71. The average Bonchev–Trinajstić information content (AvgIpc) is 3.36. The summed E-state index contributed by atoms with van der Waals surface area (Å²) in [6, 6.07) is 11.0. The maximum atomic E-state index is 12.8. The fourth-order valence-corrected chi connectivity index (χ4v) is 4.35. The van der Waals surface area contributed by atoms with Crippen LogP contribution in [0.2, 0.25) is 0 Å². The topological polar surface area (TPSA) is 121 Å². The van der Waals surface area contributed by atoms with Crippen LogP contribution in [0.3, 0.4) is 0 Å². The van der Waals surface area contributed by atoms with Gasteiger partial charge in [0.05, 0.1) is 16.5 Å². The van der Waals surface area contributed by atoms with Gasteiger partial charge in [-0.05, 0) is 61.6 Å². The molecule has 35 heavy (non-hydrogen) atoms. The second-order valence-electron chi connectivity index (χ2n) is 9.36. The van der Waals surface area contributed by atoms with E-state index in [-0.39, 0.29) is 39.3 Å². The van der Waals surface area contributed by atoms with Crippen molar-refractivity contribution in [2.75, 3.05) is 5.32 Å². The monoisotopic (exact) mass is 498 g/mol. The van der Waals surface area contributed by atoms with Crippen LogP contribution in [-0.4, -0.2) is 23.9 Å². The van der Waals surface area contributed by atoms with Gasteiger partial charge < -0.3 is 24.9 Å². The molecule has 0 saturated heterocycles. The lowest BCUT2D eigenvalue weighted by Gasteiger charge is -2.19. The number of carbonyl (C=O) groups excluding carboxylic acids is 3. The van der Waals surface area contributed by atoms with Crippen molar-refractivity contribution in [3.8, 4) is 5.75 Å². The summed E-state index contributed by atoms with van der Waals surface area (Å²) in [6.07, 6.45) is -0.375. The zero-order valence-corrected chi connectivity index (χ0v) is 21.5. The van der Waals surface area contributed by atoms with Crippen molar-refractivity contribution >= 4 is 34.1 Å². The van der Waals surface area contributed by atoms with Gasteiger partial charge in [0, 0.05) is 0 Å². The van der Waals surface area contributed by atoms with Gasteiger partial charge in [0.25, 0.3) is 11.8 Å². The molecule has 8 nitrogen and oxygen atoms in total. The van der Waals surface area contributed by atoms with Crippen LogP contribution < -0.4 is 15.8 Å². The normalized spacial score (nSPS) is 11.4. The van der Waals surface area contributed by atoms with Crippen LogP contribution in [-0.2, 0) is 16.8 Å². The van der Waals surface area contributed by atoms with E-state index in [2.05, 4.69) is 26.1 Å². The molecule has 1 aromatic carbocycles. The summed E-state index contributed by atoms with van der Waals surface area (Å²) in [5, 5.41) is 2.81. The van der Waals surface area contributed by atoms with Gasteiger partial charge in [0.2, 0.25) is 0 Å². The number of furan rings is 1. The highest BCUT2D eigenvalue weighted by atomic mass is 32.1. The molecule has 2 heterocycles. The summed E-state index contributed by atoms with van der Waals surface area (Å²) in [5.41, 5.74) is 7.13. The van der Waals surface area contributed by atoms with E-state index in [0.29, 0.717) is 17.1 Å². The number of hydrogen-bond acceptors (Lipinski definition) is 7. The molecule has 2 aromatic heterocycles. The second kappa shape index (κ2) is 10.4. The fraction of sp³-hybridized carbons (Fsp3) is 0.346. The summed E-state index contributed by atoms with van der Waals surface area (Å²) in [6.45, 7) is 11.6. The molecule has 0 saturated carbocycles. The van der Waals surface area contributed by atoms with E-state index in [0.717, 1.165) is 11.3 Å². The molecule has 0 radical (unpaired) electrons. The number of anilines is 1. The van der Waals surface area contributed by atoms with Gasteiger partial charge in [-0.3, -0.25) is 9.59 Å². The molecule has 0 aliphatic carbocycles. The van der Waals surface area contributed by atoms with Gasteiger partial charge in [0.1, 0.15) is 23.1 Å². The van der Waals surface area contributed by atoms with E-state index in [1.165, 1.54) is 11.6 Å². The van der Waals surface area contributed by atoms with Crippen LogP contribution in [0.15, 0.2) is 40.8 Å². The Hall–Kier alpha value is -3.59. The largest absolute Gasteiger partial charge is 0.486 e. The van der Waals surface area contributed by atoms with Gasteiger partial charge in [-0.15, -0.1) is 11.3 Å². The number of esters is 1. The average molecular weight is 499 g/mol. The third-order valence-corrected chi connectivity index (χ3v) is 6.35.